The molecule has 2 heterocycles. The molecule has 0 bridgehead atoms. The zero-order valence-electron chi connectivity index (χ0n) is 17.5. The van der Waals surface area contributed by atoms with Crippen LogP contribution in [0.5, 0.6) is 17.2 Å². The average molecular weight is 399 g/mol. The third-order valence-corrected chi connectivity index (χ3v) is 4.94. The summed E-state index contributed by atoms with van der Waals surface area (Å²) >= 11 is 0. The Balaban J connectivity index is 1.61. The van der Waals surface area contributed by atoms with Gasteiger partial charge in [0.25, 0.3) is 0 Å². The van der Waals surface area contributed by atoms with Gasteiger partial charge in [-0.1, -0.05) is 6.07 Å². The molecule has 0 spiro atoms. The largest absolute Gasteiger partial charge is 0.493 e. The first kappa shape index (κ1) is 20.6. The summed E-state index contributed by atoms with van der Waals surface area (Å²) in [5.41, 5.74) is 1.02. The van der Waals surface area contributed by atoms with E-state index < -0.39 is 0 Å². The number of benzene rings is 1. The molecular weight excluding hydrogens is 370 g/mol. The Labute approximate surface area is 172 Å². The van der Waals surface area contributed by atoms with Gasteiger partial charge in [-0.05, 0) is 29.8 Å². The van der Waals surface area contributed by atoms with Crippen molar-refractivity contribution in [3.63, 3.8) is 0 Å². The number of aromatic nitrogens is 1. The zero-order chi connectivity index (χ0) is 20.6. The molecule has 0 unspecified atom stereocenters. The van der Waals surface area contributed by atoms with E-state index in [-0.39, 0.29) is 0 Å². The highest BCUT2D eigenvalue weighted by Gasteiger charge is 2.20. The lowest BCUT2D eigenvalue weighted by Gasteiger charge is -2.37. The quantitative estimate of drug-likeness (QED) is 0.588. The van der Waals surface area contributed by atoms with Crippen LogP contribution in [0.1, 0.15) is 5.56 Å². The van der Waals surface area contributed by atoms with E-state index in [0.29, 0.717) is 23.8 Å². The number of anilines is 1. The van der Waals surface area contributed by atoms with Crippen molar-refractivity contribution in [1.82, 2.24) is 15.2 Å². The minimum atomic E-state index is 0.591. The maximum absolute atomic E-state index is 5.44. The molecule has 0 aliphatic carbocycles. The van der Waals surface area contributed by atoms with E-state index in [1.807, 2.05) is 43.6 Å². The van der Waals surface area contributed by atoms with Crippen LogP contribution in [0.2, 0.25) is 0 Å². The van der Waals surface area contributed by atoms with Crippen LogP contribution in [0.25, 0.3) is 0 Å². The molecule has 1 aliphatic heterocycles. The summed E-state index contributed by atoms with van der Waals surface area (Å²) in [5.74, 6) is 3.77. The molecule has 0 radical (unpaired) electrons. The van der Waals surface area contributed by atoms with Crippen molar-refractivity contribution < 1.29 is 14.2 Å². The SMILES string of the molecule is CN=C(NCc1cc(OC)c(OC)c(OC)c1)N1CCN(c2ccccn2)CC1. The van der Waals surface area contributed by atoms with E-state index in [2.05, 4.69) is 25.1 Å². The highest BCUT2D eigenvalue weighted by Crippen LogP contribution is 2.38. The number of piperazine rings is 1. The summed E-state index contributed by atoms with van der Waals surface area (Å²) in [5, 5.41) is 3.44. The molecular formula is C21H29N5O3. The van der Waals surface area contributed by atoms with Crippen LogP contribution in [0.3, 0.4) is 0 Å². The Kier molecular flexibility index (Phi) is 6.99. The monoisotopic (exact) mass is 399 g/mol. The molecule has 0 saturated carbocycles. The normalized spacial score (nSPS) is 14.6. The fraction of sp³-hybridized carbons (Fsp3) is 0.429. The van der Waals surface area contributed by atoms with Crippen LogP contribution in [0, 0.1) is 0 Å². The minimum Gasteiger partial charge on any atom is -0.493 e. The summed E-state index contributed by atoms with van der Waals surface area (Å²) in [6.07, 6.45) is 1.83. The first-order valence-corrected chi connectivity index (χ1v) is 9.60. The van der Waals surface area contributed by atoms with E-state index >= 15 is 0 Å². The van der Waals surface area contributed by atoms with Crippen molar-refractivity contribution in [3.8, 4) is 17.2 Å². The minimum absolute atomic E-state index is 0.591. The van der Waals surface area contributed by atoms with Gasteiger partial charge >= 0.3 is 0 Å². The molecule has 1 aromatic heterocycles. The second-order valence-corrected chi connectivity index (χ2v) is 6.60. The lowest BCUT2D eigenvalue weighted by atomic mass is 10.1. The number of methoxy groups -OCH3 is 3. The number of pyridine rings is 1. The van der Waals surface area contributed by atoms with Crippen LogP contribution in [0.4, 0.5) is 5.82 Å². The van der Waals surface area contributed by atoms with Crippen molar-refractivity contribution in [2.45, 2.75) is 6.54 Å². The van der Waals surface area contributed by atoms with E-state index in [1.54, 1.807) is 21.3 Å². The van der Waals surface area contributed by atoms with Crippen molar-refractivity contribution in [1.29, 1.82) is 0 Å². The van der Waals surface area contributed by atoms with Gasteiger partial charge in [0.15, 0.2) is 17.5 Å². The number of guanidine groups is 1. The Morgan fingerprint density at radius 3 is 2.24 bits per heavy atom. The molecule has 1 aliphatic rings. The van der Waals surface area contributed by atoms with Gasteiger partial charge in [-0.2, -0.15) is 0 Å². The maximum Gasteiger partial charge on any atom is 0.203 e. The summed E-state index contributed by atoms with van der Waals surface area (Å²) in [4.78, 5) is 13.5. The number of nitrogens with one attached hydrogen (secondary N) is 1. The highest BCUT2D eigenvalue weighted by atomic mass is 16.5. The van der Waals surface area contributed by atoms with E-state index in [0.717, 1.165) is 43.5 Å². The van der Waals surface area contributed by atoms with Crippen LogP contribution in [0.15, 0.2) is 41.5 Å². The number of hydrogen-bond donors (Lipinski definition) is 1. The van der Waals surface area contributed by atoms with Crippen molar-refractivity contribution >= 4 is 11.8 Å². The topological polar surface area (TPSA) is 71.5 Å². The molecule has 156 valence electrons. The number of rotatable bonds is 6. The average Bonchev–Trinajstić information content (AvgIpc) is 2.79. The van der Waals surface area contributed by atoms with Crippen LogP contribution in [-0.4, -0.2) is 70.4 Å². The third kappa shape index (κ3) is 4.82. The van der Waals surface area contributed by atoms with Crippen LogP contribution in [-0.2, 0) is 6.54 Å². The predicted octanol–water partition coefficient (Wildman–Crippen LogP) is 2.00. The molecule has 29 heavy (non-hydrogen) atoms. The smallest absolute Gasteiger partial charge is 0.203 e. The molecule has 8 nitrogen and oxygen atoms in total. The molecule has 3 rings (SSSR count). The Morgan fingerprint density at radius 1 is 1.03 bits per heavy atom. The fourth-order valence-electron chi connectivity index (χ4n) is 3.44. The van der Waals surface area contributed by atoms with Gasteiger partial charge in [0.1, 0.15) is 5.82 Å². The second kappa shape index (κ2) is 9.86. The molecule has 8 heteroatoms. The molecule has 1 fully saturated rings. The third-order valence-electron chi connectivity index (χ3n) is 4.94. The highest BCUT2D eigenvalue weighted by molar-refractivity contribution is 5.80. The fourth-order valence-corrected chi connectivity index (χ4v) is 3.44. The van der Waals surface area contributed by atoms with E-state index in [1.165, 1.54) is 0 Å². The zero-order valence-corrected chi connectivity index (χ0v) is 17.5. The van der Waals surface area contributed by atoms with E-state index in [9.17, 15) is 0 Å². The molecule has 1 saturated heterocycles. The predicted molar refractivity (Wildman–Crippen MR) is 114 cm³/mol. The Morgan fingerprint density at radius 2 is 1.72 bits per heavy atom. The van der Waals surface area contributed by atoms with Gasteiger partial charge in [0, 0.05) is 46.0 Å². The Hall–Kier alpha value is -3.16. The number of aliphatic imine (C=N–C) groups is 1. The molecule has 1 N–H and O–H groups in total. The lowest BCUT2D eigenvalue weighted by molar-refractivity contribution is 0.323. The number of ether oxygens (including phenoxy) is 3. The summed E-state index contributed by atoms with van der Waals surface area (Å²) < 4.78 is 16.3. The maximum atomic E-state index is 5.44. The van der Waals surface area contributed by atoms with Crippen LogP contribution < -0.4 is 24.4 Å². The second-order valence-electron chi connectivity index (χ2n) is 6.60. The van der Waals surface area contributed by atoms with Crippen LogP contribution >= 0.6 is 0 Å². The molecule has 0 atom stereocenters. The van der Waals surface area contributed by atoms with Gasteiger partial charge in [-0.25, -0.2) is 4.98 Å². The van der Waals surface area contributed by atoms with Crippen molar-refractivity contribution in [3.05, 3.63) is 42.1 Å². The van der Waals surface area contributed by atoms with Gasteiger partial charge in [0.05, 0.1) is 21.3 Å². The first-order chi connectivity index (χ1) is 14.2. The molecule has 2 aromatic rings. The number of hydrogen-bond acceptors (Lipinski definition) is 6. The summed E-state index contributed by atoms with van der Waals surface area (Å²) in [7, 11) is 6.65. The number of nitrogens with zero attached hydrogens (tertiary/aromatic N) is 4. The standard InChI is InChI=1S/C21H29N5O3/c1-22-21(26-11-9-25(10-12-26)19-7-5-6-8-23-19)24-15-16-13-17(27-2)20(29-4)18(14-16)28-3/h5-8,13-14H,9-12,15H2,1-4H3,(H,22,24). The molecule has 0 amide bonds. The first-order valence-electron chi connectivity index (χ1n) is 9.60. The Bertz CT molecular complexity index is 795. The lowest BCUT2D eigenvalue weighted by Crippen LogP contribution is -2.52. The summed E-state index contributed by atoms with van der Waals surface area (Å²) in [6.45, 7) is 4.17. The van der Waals surface area contributed by atoms with Gasteiger partial charge in [-0.15, -0.1) is 0 Å². The van der Waals surface area contributed by atoms with Gasteiger partial charge in [-0.3, -0.25) is 4.99 Å². The van der Waals surface area contributed by atoms with Crippen molar-refractivity contribution in [2.24, 2.45) is 4.99 Å². The van der Waals surface area contributed by atoms with E-state index in [4.69, 9.17) is 14.2 Å². The van der Waals surface area contributed by atoms with Gasteiger partial charge in [0.2, 0.25) is 5.75 Å². The van der Waals surface area contributed by atoms with Gasteiger partial charge < -0.3 is 29.3 Å². The summed E-state index contributed by atoms with van der Waals surface area (Å²) in [6, 6.07) is 9.90. The van der Waals surface area contributed by atoms with Crippen molar-refractivity contribution in [2.75, 3.05) is 59.5 Å². The molecule has 1 aromatic carbocycles.